The van der Waals surface area contributed by atoms with Crippen LogP contribution < -0.4 is 14.2 Å². The molecule has 0 aliphatic rings. The second-order valence-corrected chi connectivity index (χ2v) is 3.66. The molecule has 1 aromatic rings. The molecule has 0 aliphatic heterocycles. The first-order valence-corrected chi connectivity index (χ1v) is 5.63. The van der Waals surface area contributed by atoms with Gasteiger partial charge in [0.25, 0.3) is 0 Å². The van der Waals surface area contributed by atoms with Crippen LogP contribution in [-0.2, 0) is 0 Å². The second-order valence-electron chi connectivity index (χ2n) is 3.04. The molecule has 18 heavy (non-hydrogen) atoms. The van der Waals surface area contributed by atoms with Crippen molar-refractivity contribution in [1.82, 2.24) is 15.0 Å². The van der Waals surface area contributed by atoms with Crippen LogP contribution in [0.15, 0.2) is 25.3 Å². The van der Waals surface area contributed by atoms with Crippen LogP contribution in [0.25, 0.3) is 0 Å². The van der Waals surface area contributed by atoms with Gasteiger partial charge in [0.15, 0.2) is 5.56 Å². The molecule has 0 spiro atoms. The quantitative estimate of drug-likeness (QED) is 0.532. The summed E-state index contributed by atoms with van der Waals surface area (Å²) in [6, 6.07) is 0.193. The average molecular weight is 272 g/mol. The number of alkyl halides is 1. The lowest BCUT2D eigenvalue weighted by Gasteiger charge is -2.09. The van der Waals surface area contributed by atoms with Crippen molar-refractivity contribution in [1.29, 1.82) is 0 Å². The molecule has 1 unspecified atom stereocenters. The van der Waals surface area contributed by atoms with Gasteiger partial charge in [-0.3, -0.25) is 0 Å². The Morgan fingerprint density at radius 2 is 1.50 bits per heavy atom. The van der Waals surface area contributed by atoms with Crippen LogP contribution in [0.3, 0.4) is 0 Å². The fourth-order valence-electron chi connectivity index (χ4n) is 0.914. The lowest BCUT2D eigenvalue weighted by atomic mass is 10.7. The monoisotopic (exact) mass is 271 g/mol. The zero-order valence-electron chi connectivity index (χ0n) is 10.0. The molecule has 1 heterocycles. The highest BCUT2D eigenvalue weighted by atomic mass is 35.5. The van der Waals surface area contributed by atoms with Crippen LogP contribution in [0.2, 0.25) is 0 Å². The molecule has 0 bridgehead atoms. The molecule has 98 valence electrons. The van der Waals surface area contributed by atoms with Gasteiger partial charge in [-0.15, -0.1) is 15.0 Å². The van der Waals surface area contributed by atoms with Gasteiger partial charge in [-0.05, 0) is 6.92 Å². The summed E-state index contributed by atoms with van der Waals surface area (Å²) >= 11 is 5.69. The Morgan fingerprint density at radius 3 is 1.89 bits per heavy atom. The first kappa shape index (κ1) is 14.2. The van der Waals surface area contributed by atoms with Gasteiger partial charge < -0.3 is 14.2 Å². The van der Waals surface area contributed by atoms with E-state index in [1.165, 1.54) is 0 Å². The van der Waals surface area contributed by atoms with Crippen LogP contribution in [0.4, 0.5) is 0 Å². The summed E-state index contributed by atoms with van der Waals surface area (Å²) in [6.07, 6.45) is 3.14. The maximum Gasteiger partial charge on any atom is 0.327 e. The number of halogens is 1. The van der Waals surface area contributed by atoms with E-state index in [2.05, 4.69) is 28.1 Å². The van der Waals surface area contributed by atoms with E-state index in [4.69, 9.17) is 25.8 Å². The summed E-state index contributed by atoms with van der Waals surface area (Å²) in [4.78, 5) is 11.8. The topological polar surface area (TPSA) is 66.4 Å². The predicted molar refractivity (Wildman–Crippen MR) is 67.2 cm³/mol. The van der Waals surface area contributed by atoms with Crippen molar-refractivity contribution in [3.05, 3.63) is 25.3 Å². The second kappa shape index (κ2) is 7.50. The van der Waals surface area contributed by atoms with E-state index in [9.17, 15) is 0 Å². The number of aromatic nitrogens is 3. The smallest absolute Gasteiger partial charge is 0.327 e. The summed E-state index contributed by atoms with van der Waals surface area (Å²) < 4.78 is 15.5. The van der Waals surface area contributed by atoms with Gasteiger partial charge in [0, 0.05) is 0 Å². The fraction of sp³-hybridized carbons (Fsp3) is 0.364. The van der Waals surface area contributed by atoms with E-state index in [0.717, 1.165) is 0 Å². The van der Waals surface area contributed by atoms with Crippen LogP contribution in [0, 0.1) is 0 Å². The minimum Gasteiger partial charge on any atom is -0.459 e. The minimum atomic E-state index is -0.577. The highest BCUT2D eigenvalue weighted by Gasteiger charge is 2.11. The molecule has 0 amide bonds. The standard InChI is InChI=1S/C11H14ClN3O3/c1-4-6-16-9-13-10(17-7-5-2)15-11(14-9)18-8(3)12/h4-5,8H,1-2,6-7H2,3H3. The summed E-state index contributed by atoms with van der Waals surface area (Å²) in [7, 11) is 0. The Labute approximate surface area is 110 Å². The van der Waals surface area contributed by atoms with E-state index in [0.29, 0.717) is 0 Å². The Kier molecular flexibility index (Phi) is 5.93. The Morgan fingerprint density at radius 1 is 1.06 bits per heavy atom. The summed E-state index contributed by atoms with van der Waals surface area (Å²) in [5.41, 5.74) is -0.577. The lowest BCUT2D eigenvalue weighted by Crippen LogP contribution is -2.10. The highest BCUT2D eigenvalue weighted by molar-refractivity contribution is 6.19. The molecule has 0 saturated heterocycles. The molecule has 1 atom stereocenters. The molecule has 1 rings (SSSR count). The lowest BCUT2D eigenvalue weighted by molar-refractivity contribution is 0.244. The molecule has 1 aromatic heterocycles. The number of hydrogen-bond acceptors (Lipinski definition) is 6. The van der Waals surface area contributed by atoms with Crippen LogP contribution in [-0.4, -0.2) is 33.7 Å². The van der Waals surface area contributed by atoms with Crippen molar-refractivity contribution in [2.75, 3.05) is 13.2 Å². The first-order chi connectivity index (χ1) is 8.65. The number of rotatable bonds is 8. The van der Waals surface area contributed by atoms with Gasteiger partial charge in [-0.2, -0.15) is 0 Å². The van der Waals surface area contributed by atoms with Gasteiger partial charge >= 0.3 is 18.0 Å². The van der Waals surface area contributed by atoms with E-state index in [1.807, 2.05) is 0 Å². The normalized spacial score (nSPS) is 11.4. The molecule has 0 fully saturated rings. The minimum absolute atomic E-state index is 0.0330. The van der Waals surface area contributed by atoms with Gasteiger partial charge in [0.2, 0.25) is 0 Å². The zero-order chi connectivity index (χ0) is 13.4. The van der Waals surface area contributed by atoms with Gasteiger partial charge in [0.1, 0.15) is 13.2 Å². The molecular formula is C11H14ClN3O3. The number of ether oxygens (including phenoxy) is 3. The average Bonchev–Trinajstić information content (AvgIpc) is 2.33. The maximum atomic E-state index is 5.69. The van der Waals surface area contributed by atoms with Crippen molar-refractivity contribution < 1.29 is 14.2 Å². The molecule has 0 aliphatic carbocycles. The van der Waals surface area contributed by atoms with Crippen molar-refractivity contribution >= 4 is 11.6 Å². The third kappa shape index (κ3) is 5.01. The number of nitrogens with zero attached hydrogens (tertiary/aromatic N) is 3. The molecule has 0 saturated carbocycles. The summed E-state index contributed by atoms with van der Waals surface area (Å²) in [5.74, 6) is 0. The number of hydrogen-bond donors (Lipinski definition) is 0. The fourth-order valence-corrected chi connectivity index (χ4v) is 0.994. The molecule has 7 heteroatoms. The zero-order valence-corrected chi connectivity index (χ0v) is 10.8. The van der Waals surface area contributed by atoms with E-state index in [-0.39, 0.29) is 31.2 Å². The Bertz CT molecular complexity index is 382. The molecule has 0 radical (unpaired) electrons. The van der Waals surface area contributed by atoms with Gasteiger partial charge in [0.05, 0.1) is 0 Å². The third-order valence-electron chi connectivity index (χ3n) is 1.50. The summed E-state index contributed by atoms with van der Waals surface area (Å²) in [6.45, 7) is 9.22. The Balaban J connectivity index is 2.87. The molecule has 0 N–H and O–H groups in total. The maximum absolute atomic E-state index is 5.69. The van der Waals surface area contributed by atoms with E-state index < -0.39 is 5.56 Å². The van der Waals surface area contributed by atoms with Crippen LogP contribution in [0.5, 0.6) is 18.0 Å². The highest BCUT2D eigenvalue weighted by Crippen LogP contribution is 2.16. The molecule has 0 aromatic carbocycles. The van der Waals surface area contributed by atoms with Crippen LogP contribution in [0.1, 0.15) is 6.92 Å². The van der Waals surface area contributed by atoms with Crippen molar-refractivity contribution in [3.63, 3.8) is 0 Å². The van der Waals surface area contributed by atoms with Gasteiger partial charge in [-0.25, -0.2) is 0 Å². The van der Waals surface area contributed by atoms with Gasteiger partial charge in [-0.1, -0.05) is 36.9 Å². The van der Waals surface area contributed by atoms with Crippen LogP contribution >= 0.6 is 11.6 Å². The largest absolute Gasteiger partial charge is 0.459 e. The first-order valence-electron chi connectivity index (χ1n) is 5.20. The predicted octanol–water partition coefficient (Wildman–Crippen LogP) is 1.96. The van der Waals surface area contributed by atoms with E-state index in [1.54, 1.807) is 19.1 Å². The SMILES string of the molecule is C=CCOc1nc(OCC=C)nc(OC(C)Cl)n1. The van der Waals surface area contributed by atoms with Crippen molar-refractivity contribution in [3.8, 4) is 18.0 Å². The molecular weight excluding hydrogens is 258 g/mol. The molecule has 6 nitrogen and oxygen atoms in total. The Hall–Kier alpha value is -1.82. The third-order valence-corrected chi connectivity index (χ3v) is 1.59. The van der Waals surface area contributed by atoms with Crippen molar-refractivity contribution in [2.45, 2.75) is 12.5 Å². The van der Waals surface area contributed by atoms with Crippen molar-refractivity contribution in [2.24, 2.45) is 0 Å². The van der Waals surface area contributed by atoms with E-state index >= 15 is 0 Å². The summed E-state index contributed by atoms with van der Waals surface area (Å²) in [5, 5.41) is 0.